The van der Waals surface area contributed by atoms with Crippen LogP contribution in [0.1, 0.15) is 52.4 Å². The standard InChI is InChI=1S/C15H30N2O/c1-13-11-17(12-14(2)18-13)10-6-9-16-15-7-4-3-5-8-15/h13-16H,3-12H2,1-2H3/t13-,14+. The minimum absolute atomic E-state index is 0.403. The van der Waals surface area contributed by atoms with Gasteiger partial charge in [-0.3, -0.25) is 4.90 Å². The summed E-state index contributed by atoms with van der Waals surface area (Å²) in [6, 6.07) is 0.807. The summed E-state index contributed by atoms with van der Waals surface area (Å²) in [6.45, 7) is 8.98. The maximum absolute atomic E-state index is 5.76. The highest BCUT2D eigenvalue weighted by molar-refractivity contribution is 4.75. The van der Waals surface area contributed by atoms with Crippen molar-refractivity contribution < 1.29 is 4.74 Å². The van der Waals surface area contributed by atoms with E-state index in [1.54, 1.807) is 0 Å². The molecule has 0 aromatic heterocycles. The predicted molar refractivity (Wildman–Crippen MR) is 75.9 cm³/mol. The molecule has 1 saturated carbocycles. The van der Waals surface area contributed by atoms with Crippen molar-refractivity contribution in [1.29, 1.82) is 0 Å². The lowest BCUT2D eigenvalue weighted by Gasteiger charge is -2.35. The summed E-state index contributed by atoms with van der Waals surface area (Å²) in [5, 5.41) is 3.73. The van der Waals surface area contributed by atoms with Crippen molar-refractivity contribution in [3.63, 3.8) is 0 Å². The Kier molecular flexibility index (Phi) is 5.93. The molecule has 1 aliphatic carbocycles. The molecular weight excluding hydrogens is 224 g/mol. The molecule has 0 aromatic rings. The normalized spacial score (nSPS) is 31.7. The maximum Gasteiger partial charge on any atom is 0.0678 e. The van der Waals surface area contributed by atoms with Crippen LogP contribution in [-0.2, 0) is 4.74 Å². The fourth-order valence-electron chi connectivity index (χ4n) is 3.38. The van der Waals surface area contributed by atoms with Gasteiger partial charge in [0, 0.05) is 19.1 Å². The van der Waals surface area contributed by atoms with Gasteiger partial charge in [-0.1, -0.05) is 19.3 Å². The first-order valence-electron chi connectivity index (χ1n) is 7.85. The zero-order valence-corrected chi connectivity index (χ0v) is 12.2. The lowest BCUT2D eigenvalue weighted by Crippen LogP contribution is -2.46. The second-order valence-electron chi connectivity index (χ2n) is 6.16. The summed E-state index contributed by atoms with van der Waals surface area (Å²) in [5.74, 6) is 0. The molecule has 0 unspecified atom stereocenters. The second-order valence-corrected chi connectivity index (χ2v) is 6.16. The number of nitrogens with one attached hydrogen (secondary N) is 1. The van der Waals surface area contributed by atoms with Crippen LogP contribution < -0.4 is 5.32 Å². The number of hydrogen-bond acceptors (Lipinski definition) is 3. The molecule has 1 heterocycles. The van der Waals surface area contributed by atoms with Gasteiger partial charge in [-0.05, 0) is 46.2 Å². The van der Waals surface area contributed by atoms with Gasteiger partial charge in [-0.2, -0.15) is 0 Å². The van der Waals surface area contributed by atoms with E-state index in [1.165, 1.54) is 51.6 Å². The van der Waals surface area contributed by atoms with Crippen molar-refractivity contribution in [3.8, 4) is 0 Å². The van der Waals surface area contributed by atoms with Crippen LogP contribution in [0.3, 0.4) is 0 Å². The molecule has 18 heavy (non-hydrogen) atoms. The van der Waals surface area contributed by atoms with Crippen molar-refractivity contribution in [2.45, 2.75) is 70.6 Å². The first-order chi connectivity index (χ1) is 8.74. The van der Waals surface area contributed by atoms with E-state index in [0.29, 0.717) is 12.2 Å². The van der Waals surface area contributed by atoms with Crippen molar-refractivity contribution in [3.05, 3.63) is 0 Å². The van der Waals surface area contributed by atoms with Crippen LogP contribution in [0, 0.1) is 0 Å². The van der Waals surface area contributed by atoms with E-state index in [-0.39, 0.29) is 0 Å². The summed E-state index contributed by atoms with van der Waals surface area (Å²) in [4.78, 5) is 2.56. The zero-order chi connectivity index (χ0) is 12.8. The Morgan fingerprint density at radius 1 is 1.06 bits per heavy atom. The lowest BCUT2D eigenvalue weighted by molar-refractivity contribution is -0.0680. The minimum Gasteiger partial charge on any atom is -0.373 e. The fourth-order valence-corrected chi connectivity index (χ4v) is 3.38. The van der Waals surface area contributed by atoms with Crippen LogP contribution >= 0.6 is 0 Å². The zero-order valence-electron chi connectivity index (χ0n) is 12.2. The molecular formula is C15H30N2O. The minimum atomic E-state index is 0.403. The third-order valence-electron chi connectivity index (χ3n) is 4.18. The van der Waals surface area contributed by atoms with E-state index in [9.17, 15) is 0 Å². The van der Waals surface area contributed by atoms with Gasteiger partial charge in [0.1, 0.15) is 0 Å². The summed E-state index contributed by atoms with van der Waals surface area (Å²) < 4.78 is 5.76. The number of morpholine rings is 1. The number of ether oxygens (including phenoxy) is 1. The molecule has 3 heteroatoms. The quantitative estimate of drug-likeness (QED) is 0.763. The van der Waals surface area contributed by atoms with Crippen molar-refractivity contribution in [2.24, 2.45) is 0 Å². The molecule has 1 N–H and O–H groups in total. The predicted octanol–water partition coefficient (Wildman–Crippen LogP) is 2.41. The summed E-state index contributed by atoms with van der Waals surface area (Å²) in [7, 11) is 0. The van der Waals surface area contributed by atoms with Gasteiger partial charge in [-0.25, -0.2) is 0 Å². The highest BCUT2D eigenvalue weighted by atomic mass is 16.5. The van der Waals surface area contributed by atoms with Gasteiger partial charge in [0.25, 0.3) is 0 Å². The third kappa shape index (κ3) is 4.87. The smallest absolute Gasteiger partial charge is 0.0678 e. The van der Waals surface area contributed by atoms with Crippen LogP contribution in [0.4, 0.5) is 0 Å². The summed E-state index contributed by atoms with van der Waals surface area (Å²) >= 11 is 0. The summed E-state index contributed by atoms with van der Waals surface area (Å²) in [6.07, 6.45) is 9.17. The Labute approximate surface area is 112 Å². The lowest BCUT2D eigenvalue weighted by atomic mass is 9.95. The average Bonchev–Trinajstić information content (AvgIpc) is 2.35. The Balaban J connectivity index is 1.54. The highest BCUT2D eigenvalue weighted by Gasteiger charge is 2.21. The molecule has 0 bridgehead atoms. The van der Waals surface area contributed by atoms with E-state index < -0.39 is 0 Å². The molecule has 0 radical (unpaired) electrons. The summed E-state index contributed by atoms with van der Waals surface area (Å²) in [5.41, 5.74) is 0. The molecule has 1 saturated heterocycles. The van der Waals surface area contributed by atoms with E-state index in [1.807, 2.05) is 0 Å². The molecule has 2 aliphatic rings. The molecule has 2 atom stereocenters. The monoisotopic (exact) mass is 254 g/mol. The first kappa shape index (κ1) is 14.3. The van der Waals surface area contributed by atoms with Crippen LogP contribution in [0.2, 0.25) is 0 Å². The van der Waals surface area contributed by atoms with Gasteiger partial charge in [-0.15, -0.1) is 0 Å². The maximum atomic E-state index is 5.76. The van der Waals surface area contributed by atoms with Crippen LogP contribution in [-0.4, -0.2) is 49.3 Å². The Hall–Kier alpha value is -0.120. The highest BCUT2D eigenvalue weighted by Crippen LogP contribution is 2.17. The van der Waals surface area contributed by atoms with Gasteiger partial charge in [0.05, 0.1) is 12.2 Å². The largest absolute Gasteiger partial charge is 0.373 e. The van der Waals surface area contributed by atoms with Gasteiger partial charge < -0.3 is 10.1 Å². The number of rotatable bonds is 5. The molecule has 3 nitrogen and oxygen atoms in total. The van der Waals surface area contributed by atoms with E-state index in [4.69, 9.17) is 4.74 Å². The Bertz CT molecular complexity index is 219. The molecule has 2 fully saturated rings. The van der Waals surface area contributed by atoms with Crippen LogP contribution in [0.5, 0.6) is 0 Å². The fraction of sp³-hybridized carbons (Fsp3) is 1.00. The van der Waals surface area contributed by atoms with E-state index in [2.05, 4.69) is 24.1 Å². The molecule has 1 aliphatic heterocycles. The van der Waals surface area contributed by atoms with Gasteiger partial charge in [0.2, 0.25) is 0 Å². The average molecular weight is 254 g/mol. The van der Waals surface area contributed by atoms with Crippen LogP contribution in [0.15, 0.2) is 0 Å². The van der Waals surface area contributed by atoms with Crippen molar-refractivity contribution in [2.75, 3.05) is 26.2 Å². The molecule has 2 rings (SSSR count). The molecule has 106 valence electrons. The number of hydrogen-bond donors (Lipinski definition) is 1. The first-order valence-corrected chi connectivity index (χ1v) is 7.85. The molecule has 0 aromatic carbocycles. The van der Waals surface area contributed by atoms with Crippen LogP contribution in [0.25, 0.3) is 0 Å². The van der Waals surface area contributed by atoms with Gasteiger partial charge in [0.15, 0.2) is 0 Å². The van der Waals surface area contributed by atoms with E-state index >= 15 is 0 Å². The van der Waals surface area contributed by atoms with Crippen molar-refractivity contribution >= 4 is 0 Å². The Morgan fingerprint density at radius 3 is 2.39 bits per heavy atom. The Morgan fingerprint density at radius 2 is 1.72 bits per heavy atom. The third-order valence-corrected chi connectivity index (χ3v) is 4.18. The van der Waals surface area contributed by atoms with Gasteiger partial charge >= 0.3 is 0 Å². The van der Waals surface area contributed by atoms with Crippen molar-refractivity contribution in [1.82, 2.24) is 10.2 Å². The SMILES string of the molecule is C[C@@H]1CN(CCCNC2CCCCC2)C[C@H](C)O1. The topological polar surface area (TPSA) is 24.5 Å². The number of nitrogens with zero attached hydrogens (tertiary/aromatic N) is 1. The second kappa shape index (κ2) is 7.46. The van der Waals surface area contributed by atoms with E-state index in [0.717, 1.165) is 19.1 Å². The molecule has 0 spiro atoms. The molecule has 0 amide bonds.